The van der Waals surface area contributed by atoms with Crippen molar-refractivity contribution in [2.24, 2.45) is 0 Å². The number of rotatable bonds is 8. The van der Waals surface area contributed by atoms with Crippen molar-refractivity contribution in [2.45, 2.75) is 20.3 Å². The summed E-state index contributed by atoms with van der Waals surface area (Å²) in [6.07, 6.45) is -0.0138. The first-order valence-corrected chi connectivity index (χ1v) is 8.40. The Balaban J connectivity index is 2.79. The van der Waals surface area contributed by atoms with Gasteiger partial charge in [-0.2, -0.15) is 0 Å². The van der Waals surface area contributed by atoms with Gasteiger partial charge in [0.25, 0.3) is 0 Å². The van der Waals surface area contributed by atoms with Crippen LogP contribution in [0.1, 0.15) is 18.9 Å². The van der Waals surface area contributed by atoms with Gasteiger partial charge in [-0.25, -0.2) is 8.42 Å². The van der Waals surface area contributed by atoms with E-state index in [1.54, 1.807) is 11.8 Å². The molecule has 0 aromatic heterocycles. The van der Waals surface area contributed by atoms with Gasteiger partial charge < -0.3 is 10.0 Å². The molecule has 20 heavy (non-hydrogen) atoms. The van der Waals surface area contributed by atoms with Crippen molar-refractivity contribution in [1.82, 2.24) is 0 Å². The van der Waals surface area contributed by atoms with Crippen LogP contribution in [0.4, 0.5) is 5.69 Å². The third-order valence-electron chi connectivity index (χ3n) is 3.11. The second-order valence-corrected chi connectivity index (χ2v) is 7.18. The van der Waals surface area contributed by atoms with E-state index in [0.29, 0.717) is 13.1 Å². The predicted octanol–water partition coefficient (Wildman–Crippen LogP) is 1.71. The molecule has 1 aromatic carbocycles. The molecule has 0 unspecified atom stereocenters. The lowest BCUT2D eigenvalue weighted by Crippen LogP contribution is -2.31. The molecule has 0 bridgehead atoms. The summed E-state index contributed by atoms with van der Waals surface area (Å²) in [4.78, 5) is 12.5. The fourth-order valence-electron chi connectivity index (χ4n) is 1.75. The van der Waals surface area contributed by atoms with E-state index in [2.05, 4.69) is 0 Å². The molecule has 112 valence electrons. The van der Waals surface area contributed by atoms with Crippen LogP contribution in [0.3, 0.4) is 0 Å². The van der Waals surface area contributed by atoms with Gasteiger partial charge in [0.15, 0.2) is 9.84 Å². The van der Waals surface area contributed by atoms with Crippen molar-refractivity contribution < 1.29 is 18.3 Å². The van der Waals surface area contributed by atoms with Crippen LogP contribution in [0.15, 0.2) is 24.3 Å². The lowest BCUT2D eigenvalue weighted by Gasteiger charge is -2.24. The maximum absolute atomic E-state index is 11.6. The highest BCUT2D eigenvalue weighted by atomic mass is 32.2. The summed E-state index contributed by atoms with van der Waals surface area (Å²) in [5.41, 5.74) is 1.95. The molecule has 0 atom stereocenters. The van der Waals surface area contributed by atoms with Crippen LogP contribution in [-0.2, 0) is 14.6 Å². The molecule has 5 nitrogen and oxygen atoms in total. The number of carboxylic acid groups (broad SMARTS) is 1. The van der Waals surface area contributed by atoms with Crippen molar-refractivity contribution in [1.29, 1.82) is 0 Å². The molecular formula is C14H21NO4S. The Bertz CT molecular complexity index is 537. The van der Waals surface area contributed by atoms with Crippen molar-refractivity contribution in [3.63, 3.8) is 0 Å². The van der Waals surface area contributed by atoms with Crippen molar-refractivity contribution in [3.8, 4) is 0 Å². The molecule has 0 amide bonds. The van der Waals surface area contributed by atoms with E-state index < -0.39 is 15.8 Å². The average molecular weight is 299 g/mol. The molecule has 0 aliphatic carbocycles. The highest BCUT2D eigenvalue weighted by Gasteiger charge is 2.13. The summed E-state index contributed by atoms with van der Waals surface area (Å²) in [6, 6.07) is 7.63. The molecule has 0 aliphatic rings. The number of carbonyl (C=O) groups is 1. The molecular weight excluding hydrogens is 278 g/mol. The molecule has 0 saturated carbocycles. The molecule has 0 heterocycles. The van der Waals surface area contributed by atoms with Crippen molar-refractivity contribution >= 4 is 21.5 Å². The molecule has 1 aromatic rings. The minimum absolute atomic E-state index is 0.0138. The highest BCUT2D eigenvalue weighted by molar-refractivity contribution is 7.91. The number of hydrogen-bond acceptors (Lipinski definition) is 4. The Morgan fingerprint density at radius 1 is 1.20 bits per heavy atom. The first-order chi connectivity index (χ1) is 9.34. The Morgan fingerprint density at radius 3 is 2.30 bits per heavy atom. The third kappa shape index (κ3) is 5.61. The van der Waals surface area contributed by atoms with Gasteiger partial charge in [0.05, 0.1) is 12.2 Å². The molecule has 1 rings (SSSR count). The van der Waals surface area contributed by atoms with Crippen LogP contribution in [0.25, 0.3) is 0 Å². The van der Waals surface area contributed by atoms with E-state index in [1.807, 2.05) is 31.2 Å². The van der Waals surface area contributed by atoms with Gasteiger partial charge in [-0.3, -0.25) is 4.79 Å². The first kappa shape index (κ1) is 16.5. The summed E-state index contributed by atoms with van der Waals surface area (Å²) >= 11 is 0. The number of sulfone groups is 1. The van der Waals surface area contributed by atoms with E-state index >= 15 is 0 Å². The van der Waals surface area contributed by atoms with E-state index in [9.17, 15) is 13.2 Å². The minimum atomic E-state index is -3.06. The fourth-order valence-corrected chi connectivity index (χ4v) is 2.54. The maximum atomic E-state index is 11.6. The highest BCUT2D eigenvalue weighted by Crippen LogP contribution is 2.15. The zero-order valence-corrected chi connectivity index (χ0v) is 12.7. The largest absolute Gasteiger partial charge is 0.481 e. The summed E-state index contributed by atoms with van der Waals surface area (Å²) in [7, 11) is -3.06. The summed E-state index contributed by atoms with van der Waals surface area (Å²) in [5.74, 6) is -0.745. The number of aliphatic carboxylic acids is 1. The van der Waals surface area contributed by atoms with E-state index in [0.717, 1.165) is 11.3 Å². The van der Waals surface area contributed by atoms with Crippen LogP contribution in [0.2, 0.25) is 0 Å². The van der Waals surface area contributed by atoms with Crippen LogP contribution < -0.4 is 4.90 Å². The SMILES string of the molecule is CCS(=O)(=O)CCN(CCC(=O)O)c1ccc(C)cc1. The van der Waals surface area contributed by atoms with Gasteiger partial charge in [0.2, 0.25) is 0 Å². The van der Waals surface area contributed by atoms with E-state index in [1.165, 1.54) is 0 Å². The van der Waals surface area contributed by atoms with Crippen molar-refractivity contribution in [3.05, 3.63) is 29.8 Å². The van der Waals surface area contributed by atoms with Gasteiger partial charge in [-0.15, -0.1) is 0 Å². The number of hydrogen-bond donors (Lipinski definition) is 1. The number of nitrogens with zero attached hydrogens (tertiary/aromatic N) is 1. The standard InChI is InChI=1S/C14H21NO4S/c1-3-20(18,19)11-10-15(9-8-14(16)17)13-6-4-12(2)5-7-13/h4-7H,3,8-11H2,1-2H3,(H,16,17). The lowest BCUT2D eigenvalue weighted by molar-refractivity contribution is -0.136. The van der Waals surface area contributed by atoms with Gasteiger partial charge >= 0.3 is 5.97 Å². The zero-order valence-electron chi connectivity index (χ0n) is 11.9. The fraction of sp³-hybridized carbons (Fsp3) is 0.500. The molecule has 6 heteroatoms. The second-order valence-electron chi connectivity index (χ2n) is 4.70. The molecule has 0 aliphatic heterocycles. The van der Waals surface area contributed by atoms with Gasteiger partial charge in [0.1, 0.15) is 0 Å². The van der Waals surface area contributed by atoms with Crippen LogP contribution in [-0.4, -0.2) is 44.1 Å². The normalized spacial score (nSPS) is 11.3. The Labute approximate surface area is 120 Å². The topological polar surface area (TPSA) is 74.7 Å². The van der Waals surface area contributed by atoms with Crippen LogP contribution >= 0.6 is 0 Å². The molecule has 0 saturated heterocycles. The zero-order chi connectivity index (χ0) is 15.2. The molecule has 1 N–H and O–H groups in total. The first-order valence-electron chi connectivity index (χ1n) is 6.58. The van der Waals surface area contributed by atoms with Crippen LogP contribution in [0, 0.1) is 6.92 Å². The predicted molar refractivity (Wildman–Crippen MR) is 80.0 cm³/mol. The number of anilines is 1. The monoisotopic (exact) mass is 299 g/mol. The van der Waals surface area contributed by atoms with Gasteiger partial charge in [0, 0.05) is 24.5 Å². The van der Waals surface area contributed by atoms with E-state index in [4.69, 9.17) is 5.11 Å². The number of aryl methyl sites for hydroxylation is 1. The second kappa shape index (κ2) is 7.28. The summed E-state index contributed by atoms with van der Waals surface area (Å²) in [6.45, 7) is 4.19. The number of carboxylic acids is 1. The minimum Gasteiger partial charge on any atom is -0.481 e. The molecule has 0 fully saturated rings. The van der Waals surface area contributed by atoms with Gasteiger partial charge in [-0.05, 0) is 19.1 Å². The Morgan fingerprint density at radius 2 is 1.80 bits per heavy atom. The molecule has 0 spiro atoms. The third-order valence-corrected chi connectivity index (χ3v) is 4.79. The smallest absolute Gasteiger partial charge is 0.305 e. The quantitative estimate of drug-likeness (QED) is 0.791. The summed E-state index contributed by atoms with van der Waals surface area (Å²) in [5, 5.41) is 8.78. The maximum Gasteiger partial charge on any atom is 0.305 e. The average Bonchev–Trinajstić information content (AvgIpc) is 2.40. The van der Waals surface area contributed by atoms with E-state index in [-0.39, 0.29) is 17.9 Å². The Kier molecular flexibility index (Phi) is 6.01. The summed E-state index contributed by atoms with van der Waals surface area (Å²) < 4.78 is 23.2. The lowest BCUT2D eigenvalue weighted by atomic mass is 10.2. The van der Waals surface area contributed by atoms with Crippen molar-refractivity contribution in [2.75, 3.05) is 29.5 Å². The van der Waals surface area contributed by atoms with Gasteiger partial charge in [-0.1, -0.05) is 24.6 Å². The molecule has 0 radical (unpaired) electrons. The van der Waals surface area contributed by atoms with Crippen LogP contribution in [0.5, 0.6) is 0 Å². The Hall–Kier alpha value is -1.56. The number of benzene rings is 1.